The fraction of sp³-hybridized carbons (Fsp3) is 0. The molecular weight excluding hydrogens is 198 g/mol. The minimum absolute atomic E-state index is 0.276. The van der Waals surface area contributed by atoms with Crippen LogP contribution in [0.3, 0.4) is 0 Å². The number of carbonyl (C=O) groups excluding carboxylic acids is 1. The van der Waals surface area contributed by atoms with Crippen molar-refractivity contribution in [2.45, 2.75) is 0 Å². The molecule has 0 N–H and O–H groups in total. The average Bonchev–Trinajstić information content (AvgIpc) is 2.10. The molecule has 0 bridgehead atoms. The number of rotatable bonds is 2. The highest BCUT2D eigenvalue weighted by atomic mass is 35.5. The minimum Gasteiger partial charge on any atom is -0.289 e. The van der Waals surface area contributed by atoms with Gasteiger partial charge in [0, 0.05) is 6.07 Å². The lowest BCUT2D eigenvalue weighted by Crippen LogP contribution is -1.99. The monoisotopic (exact) mass is 202 g/mol. The van der Waals surface area contributed by atoms with Gasteiger partial charge in [-0.15, -0.1) is 0 Å². The van der Waals surface area contributed by atoms with Crippen LogP contribution in [-0.4, -0.2) is 5.78 Å². The molecule has 0 spiro atoms. The van der Waals surface area contributed by atoms with Crippen molar-refractivity contribution in [2.24, 2.45) is 0 Å². The summed E-state index contributed by atoms with van der Waals surface area (Å²) >= 11 is 5.36. The van der Waals surface area contributed by atoms with Gasteiger partial charge in [-0.3, -0.25) is 4.79 Å². The van der Waals surface area contributed by atoms with E-state index in [9.17, 15) is 13.6 Å². The second-order valence-electron chi connectivity index (χ2n) is 2.31. The first kappa shape index (κ1) is 9.86. The van der Waals surface area contributed by atoms with Crippen molar-refractivity contribution < 1.29 is 13.6 Å². The highest BCUT2D eigenvalue weighted by molar-refractivity contribution is 6.31. The molecule has 1 rings (SSSR count). The van der Waals surface area contributed by atoms with Gasteiger partial charge in [0.1, 0.15) is 11.6 Å². The zero-order chi connectivity index (χ0) is 10.0. The van der Waals surface area contributed by atoms with Crippen molar-refractivity contribution in [2.75, 3.05) is 0 Å². The third-order valence-corrected chi connectivity index (χ3v) is 1.75. The molecule has 0 unspecified atom stereocenters. The van der Waals surface area contributed by atoms with E-state index in [1.165, 1.54) is 0 Å². The normalized spacial score (nSPS) is 9.77. The summed E-state index contributed by atoms with van der Waals surface area (Å²) in [6, 6.07) is 1.51. The Bertz CT molecular complexity index is 374. The van der Waals surface area contributed by atoms with Crippen molar-refractivity contribution in [1.82, 2.24) is 0 Å². The van der Waals surface area contributed by atoms with E-state index in [4.69, 9.17) is 11.6 Å². The van der Waals surface area contributed by atoms with Crippen LogP contribution in [0.15, 0.2) is 24.8 Å². The maximum atomic E-state index is 12.9. The third-order valence-electron chi connectivity index (χ3n) is 1.46. The summed E-state index contributed by atoms with van der Waals surface area (Å²) in [6.45, 7) is 3.18. The Labute approximate surface area is 78.6 Å². The van der Waals surface area contributed by atoms with Crippen LogP contribution in [-0.2, 0) is 0 Å². The summed E-state index contributed by atoms with van der Waals surface area (Å²) in [5.41, 5.74) is -0.276. The maximum absolute atomic E-state index is 12.9. The molecule has 0 radical (unpaired) electrons. The largest absolute Gasteiger partial charge is 0.289 e. The molecule has 0 aliphatic heterocycles. The Morgan fingerprint density at radius 1 is 1.38 bits per heavy atom. The molecule has 1 aromatic rings. The Morgan fingerprint density at radius 3 is 2.54 bits per heavy atom. The predicted octanol–water partition coefficient (Wildman–Crippen LogP) is 2.99. The molecule has 0 aromatic heterocycles. The summed E-state index contributed by atoms with van der Waals surface area (Å²) in [6.07, 6.45) is 0.937. The van der Waals surface area contributed by atoms with Crippen LogP contribution in [0.5, 0.6) is 0 Å². The van der Waals surface area contributed by atoms with Crippen molar-refractivity contribution in [1.29, 1.82) is 0 Å². The molecule has 13 heavy (non-hydrogen) atoms. The predicted molar refractivity (Wildman–Crippen MR) is 45.9 cm³/mol. The van der Waals surface area contributed by atoms with Gasteiger partial charge in [-0.1, -0.05) is 18.2 Å². The van der Waals surface area contributed by atoms with Crippen LogP contribution in [0, 0.1) is 11.6 Å². The molecule has 0 fully saturated rings. The summed E-state index contributed by atoms with van der Waals surface area (Å²) in [4.78, 5) is 11.0. The Hall–Kier alpha value is -1.22. The molecule has 0 atom stereocenters. The fourth-order valence-electron chi connectivity index (χ4n) is 0.821. The first-order valence-corrected chi connectivity index (χ1v) is 3.75. The first-order valence-electron chi connectivity index (χ1n) is 3.37. The van der Waals surface area contributed by atoms with E-state index in [0.29, 0.717) is 6.07 Å². The van der Waals surface area contributed by atoms with E-state index in [0.717, 1.165) is 12.1 Å². The van der Waals surface area contributed by atoms with Gasteiger partial charge in [0.15, 0.2) is 5.78 Å². The van der Waals surface area contributed by atoms with Crippen LogP contribution in [0.2, 0.25) is 5.02 Å². The number of carbonyl (C=O) groups is 1. The number of hydrogen-bond donors (Lipinski definition) is 0. The van der Waals surface area contributed by atoms with Gasteiger partial charge in [-0.2, -0.15) is 0 Å². The second-order valence-corrected chi connectivity index (χ2v) is 2.72. The van der Waals surface area contributed by atoms with Crippen molar-refractivity contribution >= 4 is 17.4 Å². The molecule has 0 aliphatic carbocycles. The molecule has 0 amide bonds. The van der Waals surface area contributed by atoms with Crippen LogP contribution >= 0.6 is 11.6 Å². The van der Waals surface area contributed by atoms with E-state index in [1.54, 1.807) is 0 Å². The number of allylic oxidation sites excluding steroid dienone is 1. The second kappa shape index (κ2) is 3.66. The van der Waals surface area contributed by atoms with Crippen LogP contribution < -0.4 is 0 Å². The zero-order valence-electron chi connectivity index (χ0n) is 6.48. The Balaban J connectivity index is 3.31. The summed E-state index contributed by atoms with van der Waals surface area (Å²) in [5, 5.41) is -0.286. The summed E-state index contributed by atoms with van der Waals surface area (Å²) in [7, 11) is 0. The van der Waals surface area contributed by atoms with Gasteiger partial charge >= 0.3 is 0 Å². The van der Waals surface area contributed by atoms with Gasteiger partial charge in [-0.05, 0) is 12.1 Å². The number of ketones is 1. The molecule has 0 saturated carbocycles. The van der Waals surface area contributed by atoms with E-state index in [1.807, 2.05) is 0 Å². The smallest absolute Gasteiger partial charge is 0.188 e. The van der Waals surface area contributed by atoms with Crippen LogP contribution in [0.4, 0.5) is 8.78 Å². The van der Waals surface area contributed by atoms with E-state index in [2.05, 4.69) is 6.58 Å². The number of hydrogen-bond acceptors (Lipinski definition) is 1. The molecule has 0 aliphatic rings. The van der Waals surface area contributed by atoms with E-state index >= 15 is 0 Å². The molecule has 1 aromatic carbocycles. The van der Waals surface area contributed by atoms with Gasteiger partial charge in [0.25, 0.3) is 0 Å². The van der Waals surface area contributed by atoms with Gasteiger partial charge < -0.3 is 0 Å². The van der Waals surface area contributed by atoms with Crippen LogP contribution in [0.25, 0.3) is 0 Å². The highest BCUT2D eigenvalue weighted by Crippen LogP contribution is 2.19. The lowest BCUT2D eigenvalue weighted by molar-refractivity contribution is 0.104. The summed E-state index contributed by atoms with van der Waals surface area (Å²) < 4.78 is 25.5. The Kier molecular flexibility index (Phi) is 2.78. The topological polar surface area (TPSA) is 17.1 Å². The van der Waals surface area contributed by atoms with E-state index < -0.39 is 17.4 Å². The zero-order valence-corrected chi connectivity index (χ0v) is 7.24. The molecule has 68 valence electrons. The number of benzene rings is 1. The SMILES string of the molecule is C=CC(=O)c1cc(Cl)c(F)cc1F. The lowest BCUT2D eigenvalue weighted by Gasteiger charge is -2.00. The quantitative estimate of drug-likeness (QED) is 0.409. The van der Waals surface area contributed by atoms with Crippen LogP contribution in [0.1, 0.15) is 10.4 Å². The minimum atomic E-state index is -0.938. The molecule has 1 nitrogen and oxygen atoms in total. The third kappa shape index (κ3) is 1.92. The standard InChI is InChI=1S/C9H5ClF2O/c1-2-9(13)5-3-6(10)8(12)4-7(5)11/h2-4H,1H2. The number of halogens is 3. The van der Waals surface area contributed by atoms with Crippen molar-refractivity contribution in [3.63, 3.8) is 0 Å². The molecule has 4 heteroatoms. The van der Waals surface area contributed by atoms with E-state index in [-0.39, 0.29) is 10.6 Å². The molecular formula is C9H5ClF2O. The summed E-state index contributed by atoms with van der Waals surface area (Å²) in [5.74, 6) is -2.45. The average molecular weight is 203 g/mol. The van der Waals surface area contributed by atoms with Crippen molar-refractivity contribution in [3.8, 4) is 0 Å². The first-order chi connectivity index (χ1) is 6.06. The Morgan fingerprint density at radius 2 is 2.00 bits per heavy atom. The van der Waals surface area contributed by atoms with Gasteiger partial charge in [0.2, 0.25) is 0 Å². The highest BCUT2D eigenvalue weighted by Gasteiger charge is 2.12. The molecule has 0 saturated heterocycles. The van der Waals surface area contributed by atoms with Gasteiger partial charge in [0.05, 0.1) is 10.6 Å². The van der Waals surface area contributed by atoms with Gasteiger partial charge in [-0.25, -0.2) is 8.78 Å². The molecule has 0 heterocycles. The fourth-order valence-corrected chi connectivity index (χ4v) is 0.985. The maximum Gasteiger partial charge on any atom is 0.188 e. The van der Waals surface area contributed by atoms with Crippen molar-refractivity contribution in [3.05, 3.63) is 47.0 Å². The lowest BCUT2D eigenvalue weighted by atomic mass is 10.1.